The molecule has 0 aliphatic carbocycles. The minimum Gasteiger partial charge on any atom is -0.378 e. The summed E-state index contributed by atoms with van der Waals surface area (Å²) in [6, 6.07) is 16.9. The smallest absolute Gasteiger partial charge is 0.191 e. The molecule has 2 N–H and O–H groups in total. The van der Waals surface area contributed by atoms with E-state index in [4.69, 9.17) is 0 Å². The third kappa shape index (κ3) is 5.00. The summed E-state index contributed by atoms with van der Waals surface area (Å²) in [7, 11) is 5.91. The van der Waals surface area contributed by atoms with Crippen LogP contribution in [0, 0.1) is 20.8 Å². The van der Waals surface area contributed by atoms with E-state index in [-0.39, 0.29) is 0 Å². The van der Waals surface area contributed by atoms with Crippen molar-refractivity contribution in [2.45, 2.75) is 33.9 Å². The number of hydrogen-bond acceptors (Lipinski definition) is 3. The molecular weight excluding hydrogens is 372 g/mol. The van der Waals surface area contributed by atoms with Crippen molar-refractivity contribution in [3.8, 4) is 5.69 Å². The van der Waals surface area contributed by atoms with Gasteiger partial charge in [0.05, 0.1) is 11.4 Å². The van der Waals surface area contributed by atoms with Gasteiger partial charge in [-0.25, -0.2) is 4.68 Å². The average molecular weight is 405 g/mol. The van der Waals surface area contributed by atoms with Gasteiger partial charge in [-0.1, -0.05) is 24.3 Å². The Morgan fingerprint density at radius 1 is 0.967 bits per heavy atom. The first-order chi connectivity index (χ1) is 14.4. The predicted molar refractivity (Wildman–Crippen MR) is 126 cm³/mol. The molecule has 0 bridgehead atoms. The van der Waals surface area contributed by atoms with Crippen LogP contribution in [0.1, 0.15) is 28.1 Å². The standard InChI is InChI=1S/C24H32N6/c1-17-13-22(29(5)6)12-11-20(17)15-26-24(25-4)27-16-21-9-7-8-10-23(21)30-19(3)14-18(2)28-30/h7-14H,15-16H2,1-6H3,(H2,25,26,27). The van der Waals surface area contributed by atoms with Crippen LogP contribution in [0.5, 0.6) is 0 Å². The van der Waals surface area contributed by atoms with Gasteiger partial charge in [0.15, 0.2) is 5.96 Å². The summed E-state index contributed by atoms with van der Waals surface area (Å²) in [4.78, 5) is 6.50. The Bertz CT molecular complexity index is 1030. The fraction of sp³-hybridized carbons (Fsp3) is 0.333. The number of anilines is 1. The van der Waals surface area contributed by atoms with Crippen LogP contribution in [0.3, 0.4) is 0 Å². The first-order valence-corrected chi connectivity index (χ1v) is 10.2. The highest BCUT2D eigenvalue weighted by Gasteiger charge is 2.09. The summed E-state index contributed by atoms with van der Waals surface area (Å²) in [6.45, 7) is 7.62. The van der Waals surface area contributed by atoms with E-state index >= 15 is 0 Å². The maximum Gasteiger partial charge on any atom is 0.191 e. The van der Waals surface area contributed by atoms with Gasteiger partial charge >= 0.3 is 0 Å². The number of aryl methyl sites for hydroxylation is 3. The molecule has 0 aliphatic rings. The normalized spacial score (nSPS) is 11.5. The number of nitrogens with one attached hydrogen (secondary N) is 2. The van der Waals surface area contributed by atoms with E-state index in [1.807, 2.05) is 17.7 Å². The van der Waals surface area contributed by atoms with Gasteiger partial charge in [-0.15, -0.1) is 0 Å². The van der Waals surface area contributed by atoms with Crippen LogP contribution >= 0.6 is 0 Å². The zero-order valence-electron chi connectivity index (χ0n) is 18.8. The van der Waals surface area contributed by atoms with Crippen molar-refractivity contribution in [2.75, 3.05) is 26.0 Å². The van der Waals surface area contributed by atoms with Crippen LogP contribution in [0.4, 0.5) is 5.69 Å². The molecule has 0 amide bonds. The SMILES string of the molecule is CN=C(NCc1ccc(N(C)C)cc1C)NCc1ccccc1-n1nc(C)cc1C. The van der Waals surface area contributed by atoms with Crippen molar-refractivity contribution < 1.29 is 0 Å². The average Bonchev–Trinajstić information content (AvgIpc) is 3.06. The lowest BCUT2D eigenvalue weighted by Gasteiger charge is -2.17. The number of para-hydroxylation sites is 1. The number of benzene rings is 2. The highest BCUT2D eigenvalue weighted by atomic mass is 15.3. The summed E-state index contributed by atoms with van der Waals surface area (Å²) in [5, 5.41) is 11.5. The van der Waals surface area contributed by atoms with E-state index in [0.29, 0.717) is 6.54 Å². The van der Waals surface area contributed by atoms with Gasteiger partial charge in [0, 0.05) is 45.6 Å². The zero-order chi connectivity index (χ0) is 21.7. The third-order valence-corrected chi connectivity index (χ3v) is 5.19. The van der Waals surface area contributed by atoms with Gasteiger partial charge in [-0.05, 0) is 61.7 Å². The monoisotopic (exact) mass is 404 g/mol. The van der Waals surface area contributed by atoms with Gasteiger partial charge in [0.2, 0.25) is 0 Å². The van der Waals surface area contributed by atoms with Crippen LogP contribution in [-0.4, -0.2) is 36.9 Å². The van der Waals surface area contributed by atoms with Gasteiger partial charge in [-0.2, -0.15) is 5.10 Å². The topological polar surface area (TPSA) is 57.5 Å². The van der Waals surface area contributed by atoms with Gasteiger partial charge in [0.25, 0.3) is 0 Å². The summed E-state index contributed by atoms with van der Waals surface area (Å²) >= 11 is 0. The molecule has 3 aromatic rings. The van der Waals surface area contributed by atoms with Crippen LogP contribution < -0.4 is 15.5 Å². The Balaban J connectivity index is 1.66. The van der Waals surface area contributed by atoms with Gasteiger partial charge in [0.1, 0.15) is 0 Å². The molecule has 6 nitrogen and oxygen atoms in total. The Morgan fingerprint density at radius 2 is 1.67 bits per heavy atom. The second kappa shape index (κ2) is 9.48. The fourth-order valence-electron chi connectivity index (χ4n) is 3.47. The largest absolute Gasteiger partial charge is 0.378 e. The highest BCUT2D eigenvalue weighted by Crippen LogP contribution is 2.18. The molecule has 6 heteroatoms. The second-order valence-corrected chi connectivity index (χ2v) is 7.75. The van der Waals surface area contributed by atoms with Crippen molar-refractivity contribution in [1.82, 2.24) is 20.4 Å². The molecule has 0 spiro atoms. The van der Waals surface area contributed by atoms with E-state index in [1.165, 1.54) is 16.8 Å². The van der Waals surface area contributed by atoms with Crippen LogP contribution in [0.15, 0.2) is 53.5 Å². The number of hydrogen-bond donors (Lipinski definition) is 2. The maximum atomic E-state index is 4.63. The number of guanidine groups is 1. The lowest BCUT2D eigenvalue weighted by Crippen LogP contribution is -2.36. The van der Waals surface area contributed by atoms with Gasteiger partial charge in [-0.3, -0.25) is 4.99 Å². The van der Waals surface area contributed by atoms with Crippen LogP contribution in [0.25, 0.3) is 5.69 Å². The van der Waals surface area contributed by atoms with E-state index < -0.39 is 0 Å². The molecule has 1 heterocycles. The molecule has 3 rings (SSSR count). The first kappa shape index (κ1) is 21.4. The number of rotatable bonds is 6. The van der Waals surface area contributed by atoms with E-state index in [2.05, 4.69) is 96.0 Å². The lowest BCUT2D eigenvalue weighted by atomic mass is 10.1. The molecule has 30 heavy (non-hydrogen) atoms. The quantitative estimate of drug-likeness (QED) is 0.486. The van der Waals surface area contributed by atoms with E-state index in [9.17, 15) is 0 Å². The molecule has 0 saturated heterocycles. The van der Waals surface area contributed by atoms with E-state index in [0.717, 1.165) is 35.1 Å². The number of aromatic nitrogens is 2. The molecule has 0 unspecified atom stereocenters. The van der Waals surface area contributed by atoms with Crippen molar-refractivity contribution in [2.24, 2.45) is 4.99 Å². The molecule has 158 valence electrons. The molecule has 0 radical (unpaired) electrons. The molecular formula is C24H32N6. The van der Waals surface area contributed by atoms with E-state index in [1.54, 1.807) is 7.05 Å². The lowest BCUT2D eigenvalue weighted by molar-refractivity contribution is 0.780. The summed E-state index contributed by atoms with van der Waals surface area (Å²) in [6.07, 6.45) is 0. The molecule has 1 aromatic heterocycles. The summed E-state index contributed by atoms with van der Waals surface area (Å²) in [5.41, 5.74) is 8.12. The number of nitrogens with zero attached hydrogens (tertiary/aromatic N) is 4. The Morgan fingerprint density at radius 3 is 2.27 bits per heavy atom. The Hall–Kier alpha value is -3.28. The first-order valence-electron chi connectivity index (χ1n) is 10.2. The minimum absolute atomic E-state index is 0.659. The third-order valence-electron chi connectivity index (χ3n) is 5.19. The van der Waals surface area contributed by atoms with Crippen molar-refractivity contribution in [3.63, 3.8) is 0 Å². The number of aliphatic imine (C=N–C) groups is 1. The highest BCUT2D eigenvalue weighted by molar-refractivity contribution is 5.79. The molecule has 0 aliphatic heterocycles. The fourth-order valence-corrected chi connectivity index (χ4v) is 3.47. The maximum absolute atomic E-state index is 4.63. The van der Waals surface area contributed by atoms with Crippen LogP contribution in [0.2, 0.25) is 0 Å². The van der Waals surface area contributed by atoms with Crippen molar-refractivity contribution in [1.29, 1.82) is 0 Å². The Labute approximate surface area is 179 Å². The molecule has 2 aromatic carbocycles. The second-order valence-electron chi connectivity index (χ2n) is 7.75. The predicted octanol–water partition coefficient (Wildman–Crippen LogP) is 3.73. The van der Waals surface area contributed by atoms with Crippen LogP contribution in [-0.2, 0) is 13.1 Å². The summed E-state index contributed by atoms with van der Waals surface area (Å²) in [5.74, 6) is 0.772. The molecule has 0 fully saturated rings. The van der Waals surface area contributed by atoms with Crippen molar-refractivity contribution in [3.05, 3.63) is 76.6 Å². The minimum atomic E-state index is 0.659. The Kier molecular flexibility index (Phi) is 6.77. The zero-order valence-corrected chi connectivity index (χ0v) is 18.8. The summed E-state index contributed by atoms with van der Waals surface area (Å²) < 4.78 is 2.00. The van der Waals surface area contributed by atoms with Gasteiger partial charge < -0.3 is 15.5 Å². The molecule has 0 atom stereocenters. The molecule has 0 saturated carbocycles. The van der Waals surface area contributed by atoms with Crippen molar-refractivity contribution >= 4 is 11.6 Å².